The number of thiocarbonyl (C=S) groups is 1. The highest BCUT2D eigenvalue weighted by atomic mass is 32.1. The van der Waals surface area contributed by atoms with Crippen LogP contribution in [0.15, 0.2) is 30.3 Å². The number of benzene rings is 1. The molecule has 25 heavy (non-hydrogen) atoms. The zero-order valence-electron chi connectivity index (χ0n) is 15.0. The lowest BCUT2D eigenvalue weighted by atomic mass is 9.63. The van der Waals surface area contributed by atoms with Gasteiger partial charge in [0.1, 0.15) is 0 Å². The normalized spacial score (nSPS) is 44.8. The minimum absolute atomic E-state index is 0.285. The Hall–Kier alpha value is -0.930. The van der Waals surface area contributed by atoms with E-state index in [1.54, 1.807) is 5.56 Å². The molecule has 6 rings (SSSR count). The highest BCUT2D eigenvalue weighted by molar-refractivity contribution is 7.80. The Morgan fingerprint density at radius 3 is 2.56 bits per heavy atom. The van der Waals surface area contributed by atoms with Gasteiger partial charge in [0.25, 0.3) is 0 Å². The molecule has 0 spiro atoms. The monoisotopic (exact) mass is 354 g/mol. The lowest BCUT2D eigenvalue weighted by Gasteiger charge is -2.42. The lowest BCUT2D eigenvalue weighted by molar-refractivity contribution is 0.216. The van der Waals surface area contributed by atoms with Crippen LogP contribution in [0.1, 0.15) is 63.4 Å². The molecule has 3 N–H and O–H groups in total. The fraction of sp³-hybridized carbons (Fsp3) is 0.682. The van der Waals surface area contributed by atoms with Crippen LogP contribution >= 0.6 is 12.2 Å². The van der Waals surface area contributed by atoms with E-state index in [9.17, 15) is 0 Å². The molecular formula is C22H30N2S. The molecule has 0 saturated heterocycles. The van der Waals surface area contributed by atoms with Crippen molar-refractivity contribution in [3.05, 3.63) is 35.9 Å². The van der Waals surface area contributed by atoms with Crippen LogP contribution in [0, 0.1) is 17.3 Å². The molecule has 2 nitrogen and oxygen atoms in total. The first-order valence-corrected chi connectivity index (χ1v) is 10.6. The first-order valence-electron chi connectivity index (χ1n) is 10.2. The second-order valence-corrected chi connectivity index (χ2v) is 9.88. The van der Waals surface area contributed by atoms with E-state index in [0.717, 1.165) is 24.7 Å². The maximum atomic E-state index is 6.08. The van der Waals surface area contributed by atoms with E-state index >= 15 is 0 Å². The molecule has 5 saturated carbocycles. The summed E-state index contributed by atoms with van der Waals surface area (Å²) in [5.41, 5.74) is 8.33. The predicted octanol–water partition coefficient (Wildman–Crippen LogP) is 4.32. The zero-order valence-corrected chi connectivity index (χ0v) is 15.9. The molecule has 0 heterocycles. The van der Waals surface area contributed by atoms with E-state index in [-0.39, 0.29) is 5.41 Å². The Morgan fingerprint density at radius 2 is 1.80 bits per heavy atom. The molecule has 134 valence electrons. The lowest BCUT2D eigenvalue weighted by Crippen LogP contribution is -2.48. The highest BCUT2D eigenvalue weighted by Crippen LogP contribution is 2.71. The number of hydrogen-bond acceptors (Lipinski definition) is 2. The van der Waals surface area contributed by atoms with Gasteiger partial charge in [-0.05, 0) is 80.6 Å². The Bertz CT molecular complexity index is 666. The Labute approximate surface area is 156 Å². The summed E-state index contributed by atoms with van der Waals surface area (Å²) < 4.78 is 0. The van der Waals surface area contributed by atoms with Gasteiger partial charge in [0.2, 0.25) is 0 Å². The van der Waals surface area contributed by atoms with E-state index in [4.69, 9.17) is 18.0 Å². The second-order valence-electron chi connectivity index (χ2n) is 9.48. The van der Waals surface area contributed by atoms with Crippen LogP contribution in [0.3, 0.4) is 0 Å². The minimum atomic E-state index is 0.285. The van der Waals surface area contributed by atoms with Gasteiger partial charge in [-0.1, -0.05) is 42.5 Å². The fourth-order valence-electron chi connectivity index (χ4n) is 6.98. The van der Waals surface area contributed by atoms with Gasteiger partial charge in [-0.15, -0.1) is 0 Å². The summed E-state index contributed by atoms with van der Waals surface area (Å²) >= 11 is 6.08. The standard InChI is InChI=1S/C22H30N2S/c23-18-6-8-19(9-7-18)24-20(25)22-12-15-10-17(22)13-21(11-15,14-22)16-4-2-1-3-5-16/h1-5,15,17-19H,6-14,23H2,(H,24,25). The van der Waals surface area contributed by atoms with E-state index in [0.29, 0.717) is 17.5 Å². The average molecular weight is 355 g/mol. The third-order valence-electron chi connectivity index (χ3n) is 7.97. The molecule has 0 amide bonds. The van der Waals surface area contributed by atoms with Crippen molar-refractivity contribution in [1.82, 2.24) is 5.32 Å². The van der Waals surface area contributed by atoms with Crippen molar-refractivity contribution in [2.24, 2.45) is 23.0 Å². The molecule has 1 aromatic rings. The van der Waals surface area contributed by atoms with Crippen molar-refractivity contribution in [2.45, 2.75) is 75.3 Å². The van der Waals surface area contributed by atoms with Gasteiger partial charge in [-0.25, -0.2) is 0 Å². The molecule has 3 heteroatoms. The van der Waals surface area contributed by atoms with Gasteiger partial charge in [0.05, 0.1) is 4.99 Å². The van der Waals surface area contributed by atoms with Crippen LogP contribution in [0.2, 0.25) is 0 Å². The van der Waals surface area contributed by atoms with Gasteiger partial charge < -0.3 is 11.1 Å². The molecule has 0 aromatic heterocycles. The van der Waals surface area contributed by atoms with Crippen LogP contribution < -0.4 is 11.1 Å². The van der Waals surface area contributed by atoms with Crippen molar-refractivity contribution >= 4 is 17.2 Å². The highest BCUT2D eigenvalue weighted by Gasteiger charge is 2.65. The summed E-state index contributed by atoms with van der Waals surface area (Å²) in [7, 11) is 0. The third-order valence-corrected chi connectivity index (χ3v) is 8.49. The van der Waals surface area contributed by atoms with E-state index in [2.05, 4.69) is 35.6 Å². The molecule has 5 aliphatic carbocycles. The van der Waals surface area contributed by atoms with E-state index in [1.807, 2.05) is 0 Å². The number of hydrogen-bond donors (Lipinski definition) is 2. The third kappa shape index (κ3) is 2.49. The molecule has 4 bridgehead atoms. The molecule has 4 unspecified atom stereocenters. The van der Waals surface area contributed by atoms with Crippen molar-refractivity contribution in [2.75, 3.05) is 0 Å². The summed E-state index contributed by atoms with van der Waals surface area (Å²) in [6.45, 7) is 0. The topological polar surface area (TPSA) is 38.0 Å². The van der Waals surface area contributed by atoms with Crippen LogP contribution in [-0.4, -0.2) is 17.1 Å². The van der Waals surface area contributed by atoms with E-state index in [1.165, 1.54) is 49.9 Å². The molecule has 5 fully saturated rings. The van der Waals surface area contributed by atoms with Crippen molar-refractivity contribution in [1.29, 1.82) is 0 Å². The van der Waals surface area contributed by atoms with Crippen LogP contribution in [0.25, 0.3) is 0 Å². The fourth-order valence-corrected chi connectivity index (χ4v) is 7.47. The molecular weight excluding hydrogens is 324 g/mol. The zero-order chi connectivity index (χ0) is 17.1. The quantitative estimate of drug-likeness (QED) is 0.794. The van der Waals surface area contributed by atoms with Crippen molar-refractivity contribution < 1.29 is 0 Å². The molecule has 5 aliphatic rings. The van der Waals surface area contributed by atoms with E-state index < -0.39 is 0 Å². The predicted molar refractivity (Wildman–Crippen MR) is 107 cm³/mol. The Kier molecular flexibility index (Phi) is 3.76. The van der Waals surface area contributed by atoms with Crippen LogP contribution in [0.4, 0.5) is 0 Å². The summed E-state index contributed by atoms with van der Waals surface area (Å²) in [6.07, 6.45) is 11.4. The first kappa shape index (κ1) is 16.3. The molecule has 4 atom stereocenters. The van der Waals surface area contributed by atoms with Gasteiger partial charge in [-0.3, -0.25) is 0 Å². The Morgan fingerprint density at radius 1 is 1.04 bits per heavy atom. The van der Waals surface area contributed by atoms with Gasteiger partial charge in [0.15, 0.2) is 0 Å². The maximum absolute atomic E-state index is 6.08. The SMILES string of the molecule is NC1CCC(NC(=S)C23CC4CC2CC(c2ccccc2)(C4)C3)CC1. The number of rotatable bonds is 3. The molecule has 1 aromatic carbocycles. The average Bonchev–Trinajstić information content (AvgIpc) is 3.02. The smallest absolute Gasteiger partial charge is 0.0821 e. The van der Waals surface area contributed by atoms with Crippen LogP contribution in [-0.2, 0) is 5.41 Å². The van der Waals surface area contributed by atoms with Crippen molar-refractivity contribution in [3.63, 3.8) is 0 Å². The minimum Gasteiger partial charge on any atom is -0.376 e. The first-order chi connectivity index (χ1) is 12.1. The molecule has 0 aliphatic heterocycles. The summed E-state index contributed by atoms with van der Waals surface area (Å²) in [5, 5.41) is 3.83. The summed E-state index contributed by atoms with van der Waals surface area (Å²) in [4.78, 5) is 1.21. The van der Waals surface area contributed by atoms with Crippen LogP contribution in [0.5, 0.6) is 0 Å². The summed E-state index contributed by atoms with van der Waals surface area (Å²) in [5.74, 6) is 1.68. The van der Waals surface area contributed by atoms with Gasteiger partial charge in [-0.2, -0.15) is 0 Å². The van der Waals surface area contributed by atoms with Crippen molar-refractivity contribution in [3.8, 4) is 0 Å². The summed E-state index contributed by atoms with van der Waals surface area (Å²) in [6, 6.07) is 12.3. The van der Waals surface area contributed by atoms with Gasteiger partial charge in [0, 0.05) is 17.5 Å². The van der Waals surface area contributed by atoms with Gasteiger partial charge >= 0.3 is 0 Å². The number of nitrogens with one attached hydrogen (secondary N) is 1. The number of nitrogens with two attached hydrogens (primary N) is 1. The maximum Gasteiger partial charge on any atom is 0.0821 e. The molecule has 0 radical (unpaired) electrons. The second kappa shape index (κ2) is 5.79. The Balaban J connectivity index is 1.38. The largest absolute Gasteiger partial charge is 0.376 e.